The van der Waals surface area contributed by atoms with Crippen molar-refractivity contribution in [2.45, 2.75) is 27.7 Å². The molecule has 2 aromatic carbocycles. The minimum absolute atomic E-state index is 0.212. The van der Waals surface area contributed by atoms with Crippen LogP contribution in [0, 0.1) is 13.8 Å². The van der Waals surface area contributed by atoms with E-state index in [1.165, 1.54) is 0 Å². The summed E-state index contributed by atoms with van der Waals surface area (Å²) < 4.78 is 0. The van der Waals surface area contributed by atoms with Gasteiger partial charge < -0.3 is 10.6 Å². The maximum atomic E-state index is 13.5. The molecule has 4 rings (SSSR count). The Morgan fingerprint density at radius 3 is 2.46 bits per heavy atom. The number of hydrogen-bond donors (Lipinski definition) is 2. The van der Waals surface area contributed by atoms with E-state index >= 15 is 0 Å². The van der Waals surface area contributed by atoms with Crippen molar-refractivity contribution in [2.24, 2.45) is 4.99 Å². The highest BCUT2D eigenvalue weighted by Gasteiger charge is 2.16. The highest BCUT2D eigenvalue weighted by molar-refractivity contribution is 6.13. The van der Waals surface area contributed by atoms with Crippen LogP contribution in [0.4, 0.5) is 5.69 Å². The first-order chi connectivity index (χ1) is 17.9. The van der Waals surface area contributed by atoms with Gasteiger partial charge in [0.2, 0.25) is 0 Å². The van der Waals surface area contributed by atoms with Crippen LogP contribution in [0.3, 0.4) is 0 Å². The second-order valence-corrected chi connectivity index (χ2v) is 8.66. The van der Waals surface area contributed by atoms with Gasteiger partial charge in [-0.1, -0.05) is 17.7 Å². The Morgan fingerprint density at radius 2 is 1.78 bits per heavy atom. The topological polar surface area (TPSA) is 96.3 Å². The van der Waals surface area contributed by atoms with Crippen LogP contribution in [0.1, 0.15) is 45.7 Å². The van der Waals surface area contributed by atoms with Gasteiger partial charge >= 0.3 is 0 Å². The van der Waals surface area contributed by atoms with Crippen LogP contribution in [-0.2, 0) is 0 Å². The molecular weight excluding hydrogens is 462 g/mol. The molecule has 2 aromatic heterocycles. The molecule has 7 nitrogen and oxygen atoms in total. The van der Waals surface area contributed by atoms with Gasteiger partial charge in [-0.3, -0.25) is 19.6 Å². The highest BCUT2D eigenvalue weighted by Crippen LogP contribution is 2.28. The number of allylic oxidation sites excluding steroid dienone is 1. The van der Waals surface area contributed by atoms with Gasteiger partial charge in [0.05, 0.1) is 29.0 Å². The minimum Gasteiger partial charge on any atom is -0.346 e. The number of amides is 2. The number of pyridine rings is 2. The van der Waals surface area contributed by atoms with Gasteiger partial charge in [-0.15, -0.1) is 0 Å². The number of hydrogen-bond acceptors (Lipinski definition) is 5. The van der Waals surface area contributed by atoms with Gasteiger partial charge in [-0.05, 0) is 81.8 Å². The molecule has 37 heavy (non-hydrogen) atoms. The van der Waals surface area contributed by atoms with Crippen molar-refractivity contribution in [3.63, 3.8) is 0 Å². The fraction of sp³-hybridized carbons (Fsp3) is 0.167. The molecule has 0 unspecified atom stereocenters. The number of nitrogens with one attached hydrogen (secondary N) is 2. The third-order valence-electron chi connectivity index (χ3n) is 5.91. The number of carbonyl (C=O) groups excluding carboxylic acids is 2. The molecule has 0 spiro atoms. The van der Waals surface area contributed by atoms with E-state index in [1.54, 1.807) is 48.9 Å². The first kappa shape index (κ1) is 25.4. The van der Waals surface area contributed by atoms with Gasteiger partial charge in [0.1, 0.15) is 0 Å². The zero-order chi connectivity index (χ0) is 26.4. The number of aliphatic imine (C=N–C) groups is 1. The maximum Gasteiger partial charge on any atom is 0.256 e. The van der Waals surface area contributed by atoms with Crippen LogP contribution in [0.15, 0.2) is 83.8 Å². The normalized spacial score (nSPS) is 11.6. The number of fused-ring (bicyclic) bond motifs is 1. The summed E-state index contributed by atoms with van der Waals surface area (Å²) in [6, 6.07) is 16.4. The van der Waals surface area contributed by atoms with Crippen molar-refractivity contribution < 1.29 is 9.59 Å². The quantitative estimate of drug-likeness (QED) is 0.315. The Bertz CT molecular complexity index is 1510. The fourth-order valence-electron chi connectivity index (χ4n) is 4.10. The first-order valence-electron chi connectivity index (χ1n) is 12.1. The molecule has 186 valence electrons. The Kier molecular flexibility index (Phi) is 7.83. The number of benzene rings is 2. The van der Waals surface area contributed by atoms with E-state index in [1.807, 2.05) is 52.0 Å². The predicted molar refractivity (Wildman–Crippen MR) is 149 cm³/mol. The molecule has 2 N–H and O–H groups in total. The predicted octanol–water partition coefficient (Wildman–Crippen LogP) is 5.89. The number of aromatic nitrogens is 2. The van der Waals surface area contributed by atoms with E-state index < -0.39 is 0 Å². The van der Waals surface area contributed by atoms with E-state index in [0.29, 0.717) is 29.1 Å². The van der Waals surface area contributed by atoms with Crippen molar-refractivity contribution in [3.8, 4) is 11.3 Å². The van der Waals surface area contributed by atoms with Crippen molar-refractivity contribution in [1.82, 2.24) is 15.3 Å². The van der Waals surface area contributed by atoms with E-state index in [-0.39, 0.29) is 11.8 Å². The molecule has 4 aromatic rings. The largest absolute Gasteiger partial charge is 0.346 e. The molecule has 0 aliphatic rings. The molecule has 2 heterocycles. The van der Waals surface area contributed by atoms with E-state index in [4.69, 9.17) is 4.98 Å². The van der Waals surface area contributed by atoms with Gasteiger partial charge in [-0.2, -0.15) is 0 Å². The van der Waals surface area contributed by atoms with Crippen molar-refractivity contribution in [3.05, 3.63) is 101 Å². The zero-order valence-electron chi connectivity index (χ0n) is 21.4. The number of aryl methyl sites for hydroxylation is 2. The Morgan fingerprint density at radius 1 is 1.00 bits per heavy atom. The summed E-state index contributed by atoms with van der Waals surface area (Å²) >= 11 is 0. The second kappa shape index (κ2) is 11.4. The van der Waals surface area contributed by atoms with Crippen LogP contribution in [0.5, 0.6) is 0 Å². The lowest BCUT2D eigenvalue weighted by Crippen LogP contribution is -2.25. The maximum absolute atomic E-state index is 13.5. The van der Waals surface area contributed by atoms with Gasteiger partial charge in [0.15, 0.2) is 0 Å². The van der Waals surface area contributed by atoms with Crippen LogP contribution in [0.25, 0.3) is 22.2 Å². The number of carbonyl (C=O) groups is 2. The monoisotopic (exact) mass is 491 g/mol. The number of nitrogens with zero attached hydrogens (tertiary/aromatic N) is 3. The molecule has 7 heteroatoms. The smallest absolute Gasteiger partial charge is 0.256 e. The summed E-state index contributed by atoms with van der Waals surface area (Å²) in [7, 11) is 0. The molecule has 0 aliphatic heterocycles. The average Bonchev–Trinajstić information content (AvgIpc) is 2.91. The molecule has 0 saturated heterocycles. The summed E-state index contributed by atoms with van der Waals surface area (Å²) in [5, 5.41) is 6.61. The third-order valence-corrected chi connectivity index (χ3v) is 5.91. The molecular formula is C30H29N5O2. The molecule has 2 amide bonds. The van der Waals surface area contributed by atoms with Crippen molar-refractivity contribution in [1.29, 1.82) is 0 Å². The molecule has 0 saturated carbocycles. The second-order valence-electron chi connectivity index (χ2n) is 8.66. The standard InChI is InChI=1S/C30H29N5O2/c1-5-23(32-6-2)18-33-29(36)21-9-11-24(12-10-21)34-30(37)26-16-27(22-8-7-13-31-17-22)35-28-20(4)14-19(3)15-25(26)28/h5-17H,18H2,1-4H3,(H,33,36)(H,34,37). The molecule has 0 aliphatic carbocycles. The Labute approximate surface area is 216 Å². The Hall–Kier alpha value is -4.65. The van der Waals surface area contributed by atoms with E-state index in [2.05, 4.69) is 26.7 Å². The first-order valence-corrected chi connectivity index (χ1v) is 12.1. The molecule has 0 bridgehead atoms. The number of rotatable bonds is 7. The summed E-state index contributed by atoms with van der Waals surface area (Å²) in [5.41, 5.74) is 6.71. The van der Waals surface area contributed by atoms with E-state index in [0.717, 1.165) is 33.3 Å². The summed E-state index contributed by atoms with van der Waals surface area (Å²) in [4.78, 5) is 39.2. The van der Waals surface area contributed by atoms with Crippen LogP contribution >= 0.6 is 0 Å². The summed E-state index contributed by atoms with van der Waals surface area (Å²) in [6.07, 6.45) is 6.98. The summed E-state index contributed by atoms with van der Waals surface area (Å²) in [5.74, 6) is -0.467. The Balaban J connectivity index is 1.59. The minimum atomic E-state index is -0.255. The molecule has 0 radical (unpaired) electrons. The van der Waals surface area contributed by atoms with Crippen molar-refractivity contribution in [2.75, 3.05) is 11.9 Å². The highest BCUT2D eigenvalue weighted by atomic mass is 16.2. The third kappa shape index (κ3) is 5.95. The van der Waals surface area contributed by atoms with Gasteiger partial charge in [0.25, 0.3) is 11.8 Å². The molecule has 0 fully saturated rings. The average molecular weight is 492 g/mol. The van der Waals surface area contributed by atoms with Crippen molar-refractivity contribution >= 4 is 34.6 Å². The lowest BCUT2D eigenvalue weighted by Gasteiger charge is -2.13. The van der Waals surface area contributed by atoms with Gasteiger partial charge in [-0.25, -0.2) is 4.98 Å². The summed E-state index contributed by atoms with van der Waals surface area (Å²) in [6.45, 7) is 8.04. The van der Waals surface area contributed by atoms with Gasteiger partial charge in [0, 0.05) is 40.8 Å². The number of anilines is 1. The van der Waals surface area contributed by atoms with Crippen LogP contribution in [-0.4, -0.2) is 34.5 Å². The lowest BCUT2D eigenvalue weighted by atomic mass is 9.99. The zero-order valence-corrected chi connectivity index (χ0v) is 21.4. The van der Waals surface area contributed by atoms with E-state index in [9.17, 15) is 9.59 Å². The fourth-order valence-corrected chi connectivity index (χ4v) is 4.10. The SMILES string of the molecule is CC=NC(=CC)CNC(=O)c1ccc(NC(=O)c2cc(-c3cccnc3)nc3c(C)cc(C)cc23)cc1. The molecule has 0 atom stereocenters. The van der Waals surface area contributed by atoms with Crippen LogP contribution in [0.2, 0.25) is 0 Å². The lowest BCUT2D eigenvalue weighted by molar-refractivity contribution is 0.0956. The van der Waals surface area contributed by atoms with Crippen LogP contribution < -0.4 is 10.6 Å².